The van der Waals surface area contributed by atoms with Gasteiger partial charge in [-0.25, -0.2) is 0 Å². The Morgan fingerprint density at radius 1 is 1.67 bits per heavy atom. The average Bonchev–Trinajstić information content (AvgIpc) is 2.56. The van der Waals surface area contributed by atoms with Crippen LogP contribution in [0.5, 0.6) is 0 Å². The average molecular weight is 182 g/mol. The van der Waals surface area contributed by atoms with E-state index in [2.05, 4.69) is 16.9 Å². The Hall–Kier alpha value is -0.410. The van der Waals surface area contributed by atoms with E-state index in [0.717, 1.165) is 5.92 Å². The first-order valence-electron chi connectivity index (χ1n) is 4.43. The summed E-state index contributed by atoms with van der Waals surface area (Å²) in [7, 11) is 2.20. The highest BCUT2D eigenvalue weighted by atomic mass is 32.1. The van der Waals surface area contributed by atoms with Gasteiger partial charge in [0.05, 0.1) is 5.51 Å². The maximum absolute atomic E-state index is 4.12. The van der Waals surface area contributed by atoms with E-state index in [9.17, 15) is 0 Å². The summed E-state index contributed by atoms with van der Waals surface area (Å²) in [5, 5.41) is 0. The fraction of sp³-hybridized carbons (Fsp3) is 0.667. The molecular formula is C9H14N2S. The van der Waals surface area contributed by atoms with Crippen LogP contribution in [0.25, 0.3) is 0 Å². The van der Waals surface area contributed by atoms with Gasteiger partial charge in [0.1, 0.15) is 0 Å². The Morgan fingerprint density at radius 3 is 3.25 bits per heavy atom. The van der Waals surface area contributed by atoms with E-state index in [1.54, 1.807) is 11.3 Å². The van der Waals surface area contributed by atoms with Crippen molar-refractivity contribution in [3.63, 3.8) is 0 Å². The molecule has 0 aromatic carbocycles. The van der Waals surface area contributed by atoms with Gasteiger partial charge in [0.25, 0.3) is 0 Å². The summed E-state index contributed by atoms with van der Waals surface area (Å²) >= 11 is 1.79. The minimum atomic E-state index is 0.747. The minimum absolute atomic E-state index is 0.747. The number of likely N-dealkylation sites (tertiary alicyclic amines) is 1. The summed E-state index contributed by atoms with van der Waals surface area (Å²) in [5.74, 6) is 0.747. The van der Waals surface area contributed by atoms with Gasteiger partial charge in [0.15, 0.2) is 0 Å². The molecule has 2 rings (SSSR count). The monoisotopic (exact) mass is 182 g/mol. The summed E-state index contributed by atoms with van der Waals surface area (Å²) in [4.78, 5) is 7.99. The van der Waals surface area contributed by atoms with Gasteiger partial charge in [0.2, 0.25) is 0 Å². The van der Waals surface area contributed by atoms with Crippen molar-refractivity contribution in [2.45, 2.75) is 18.8 Å². The van der Waals surface area contributed by atoms with Crippen LogP contribution >= 0.6 is 11.3 Å². The van der Waals surface area contributed by atoms with Gasteiger partial charge < -0.3 is 4.90 Å². The molecule has 1 atom stereocenters. The first-order chi connectivity index (χ1) is 5.86. The van der Waals surface area contributed by atoms with Crippen LogP contribution in [-0.4, -0.2) is 30.0 Å². The topological polar surface area (TPSA) is 16.1 Å². The summed E-state index contributed by atoms with van der Waals surface area (Å²) < 4.78 is 0. The lowest BCUT2D eigenvalue weighted by atomic mass is 9.97. The van der Waals surface area contributed by atoms with Crippen LogP contribution in [0.1, 0.15) is 23.6 Å². The van der Waals surface area contributed by atoms with E-state index in [4.69, 9.17) is 0 Å². The lowest BCUT2D eigenvalue weighted by Crippen LogP contribution is -2.30. The molecule has 1 aliphatic rings. The molecule has 0 N–H and O–H groups in total. The fourth-order valence-corrected chi connectivity index (χ4v) is 2.58. The highest BCUT2D eigenvalue weighted by molar-refractivity contribution is 7.09. The Labute approximate surface area is 77.2 Å². The zero-order chi connectivity index (χ0) is 8.39. The highest BCUT2D eigenvalue weighted by Gasteiger charge is 2.19. The van der Waals surface area contributed by atoms with Gasteiger partial charge >= 0.3 is 0 Å². The predicted molar refractivity (Wildman–Crippen MR) is 51.6 cm³/mol. The lowest BCUT2D eigenvalue weighted by Gasteiger charge is -2.28. The van der Waals surface area contributed by atoms with E-state index in [0.29, 0.717) is 0 Å². The number of hydrogen-bond acceptors (Lipinski definition) is 3. The number of nitrogens with zero attached hydrogens (tertiary/aromatic N) is 2. The third-order valence-corrected chi connectivity index (χ3v) is 3.42. The molecule has 1 aromatic rings. The van der Waals surface area contributed by atoms with Crippen LogP contribution < -0.4 is 0 Å². The number of rotatable bonds is 1. The highest BCUT2D eigenvalue weighted by Crippen LogP contribution is 2.28. The summed E-state index contributed by atoms with van der Waals surface area (Å²) in [6.45, 7) is 2.47. The Morgan fingerprint density at radius 2 is 2.58 bits per heavy atom. The van der Waals surface area contributed by atoms with Gasteiger partial charge in [-0.05, 0) is 26.4 Å². The van der Waals surface area contributed by atoms with Crippen LogP contribution in [0.3, 0.4) is 0 Å². The van der Waals surface area contributed by atoms with Crippen molar-refractivity contribution < 1.29 is 0 Å². The van der Waals surface area contributed by atoms with Gasteiger partial charge in [-0.1, -0.05) is 0 Å². The largest absolute Gasteiger partial charge is 0.306 e. The summed E-state index contributed by atoms with van der Waals surface area (Å²) in [5.41, 5.74) is 1.93. The van der Waals surface area contributed by atoms with Crippen molar-refractivity contribution in [3.8, 4) is 0 Å². The standard InChI is InChI=1S/C9H14N2S/c1-11-4-2-3-8(6-11)9-5-10-7-12-9/h5,7-8H,2-4,6H2,1H3. The first kappa shape index (κ1) is 8.20. The molecule has 2 nitrogen and oxygen atoms in total. The number of piperidine rings is 1. The van der Waals surface area contributed by atoms with Gasteiger partial charge in [-0.15, -0.1) is 11.3 Å². The molecule has 1 unspecified atom stereocenters. The molecule has 1 aliphatic heterocycles. The van der Waals surface area contributed by atoms with E-state index in [1.165, 1.54) is 30.8 Å². The molecule has 1 aromatic heterocycles. The first-order valence-corrected chi connectivity index (χ1v) is 5.31. The molecule has 1 fully saturated rings. The zero-order valence-electron chi connectivity index (χ0n) is 7.36. The Kier molecular flexibility index (Phi) is 2.42. The number of aromatic nitrogens is 1. The number of hydrogen-bond donors (Lipinski definition) is 0. The third kappa shape index (κ3) is 1.67. The van der Waals surface area contributed by atoms with Crippen molar-refractivity contribution in [1.82, 2.24) is 9.88 Å². The van der Waals surface area contributed by atoms with Crippen molar-refractivity contribution in [2.24, 2.45) is 0 Å². The number of likely N-dealkylation sites (N-methyl/N-ethyl adjacent to an activating group) is 1. The molecule has 0 spiro atoms. The molecule has 66 valence electrons. The van der Waals surface area contributed by atoms with Crippen LogP contribution in [0.4, 0.5) is 0 Å². The Balaban J connectivity index is 2.04. The van der Waals surface area contributed by atoms with Crippen molar-refractivity contribution in [1.29, 1.82) is 0 Å². The van der Waals surface area contributed by atoms with Crippen molar-refractivity contribution in [3.05, 3.63) is 16.6 Å². The summed E-state index contributed by atoms with van der Waals surface area (Å²) in [6, 6.07) is 0. The fourth-order valence-electron chi connectivity index (χ4n) is 1.83. The SMILES string of the molecule is CN1CCCC(c2cncs2)C1. The lowest BCUT2D eigenvalue weighted by molar-refractivity contribution is 0.252. The Bertz CT molecular complexity index is 233. The second-order valence-corrected chi connectivity index (χ2v) is 4.42. The molecule has 12 heavy (non-hydrogen) atoms. The molecular weight excluding hydrogens is 168 g/mol. The van der Waals surface area contributed by atoms with E-state index >= 15 is 0 Å². The smallest absolute Gasteiger partial charge is 0.0794 e. The van der Waals surface area contributed by atoms with Crippen LogP contribution in [0.15, 0.2) is 11.7 Å². The van der Waals surface area contributed by atoms with Crippen LogP contribution in [0.2, 0.25) is 0 Å². The molecule has 0 bridgehead atoms. The molecule has 3 heteroatoms. The van der Waals surface area contributed by atoms with E-state index in [-0.39, 0.29) is 0 Å². The minimum Gasteiger partial charge on any atom is -0.306 e. The molecule has 1 saturated heterocycles. The van der Waals surface area contributed by atoms with Crippen molar-refractivity contribution in [2.75, 3.05) is 20.1 Å². The molecule has 0 aliphatic carbocycles. The van der Waals surface area contributed by atoms with Gasteiger partial charge in [0, 0.05) is 23.5 Å². The van der Waals surface area contributed by atoms with Gasteiger partial charge in [-0.3, -0.25) is 4.98 Å². The second-order valence-electron chi connectivity index (χ2n) is 3.51. The van der Waals surface area contributed by atoms with Gasteiger partial charge in [-0.2, -0.15) is 0 Å². The van der Waals surface area contributed by atoms with E-state index < -0.39 is 0 Å². The normalized spacial score (nSPS) is 25.9. The maximum Gasteiger partial charge on any atom is 0.0794 e. The molecule has 0 radical (unpaired) electrons. The van der Waals surface area contributed by atoms with Crippen molar-refractivity contribution >= 4 is 11.3 Å². The van der Waals surface area contributed by atoms with Crippen LogP contribution in [-0.2, 0) is 0 Å². The number of thiazole rings is 1. The zero-order valence-corrected chi connectivity index (χ0v) is 8.18. The summed E-state index contributed by atoms with van der Waals surface area (Å²) in [6.07, 6.45) is 4.69. The molecule has 0 saturated carbocycles. The second kappa shape index (κ2) is 3.54. The quantitative estimate of drug-likeness (QED) is 0.660. The third-order valence-electron chi connectivity index (χ3n) is 2.48. The van der Waals surface area contributed by atoms with E-state index in [1.807, 2.05) is 11.7 Å². The maximum atomic E-state index is 4.12. The van der Waals surface area contributed by atoms with Crippen LogP contribution in [0, 0.1) is 0 Å². The predicted octanol–water partition coefficient (Wildman–Crippen LogP) is 1.95. The molecule has 0 amide bonds. The molecule has 2 heterocycles.